The number of ether oxygens (including phenoxy) is 1. The number of likely N-dealkylation sites (tertiary alicyclic amines) is 1. The van der Waals surface area contributed by atoms with E-state index in [0.29, 0.717) is 42.8 Å². The lowest BCUT2D eigenvalue weighted by molar-refractivity contribution is 0.0879. The molecule has 3 heterocycles. The minimum Gasteiger partial charge on any atom is -0.474 e. The topological polar surface area (TPSA) is 110 Å². The van der Waals surface area contributed by atoms with Crippen molar-refractivity contribution >= 4 is 27.9 Å². The molecule has 10 heteroatoms. The molecule has 1 amide bonds. The third-order valence-corrected chi connectivity index (χ3v) is 5.67. The van der Waals surface area contributed by atoms with Gasteiger partial charge in [0.25, 0.3) is 0 Å². The summed E-state index contributed by atoms with van der Waals surface area (Å²) in [6.07, 6.45) is 4.94. The van der Waals surface area contributed by atoms with E-state index in [1.807, 2.05) is 12.1 Å². The molecule has 1 aliphatic rings. The monoisotopic (exact) mass is 401 g/mol. The van der Waals surface area contributed by atoms with Crippen molar-refractivity contribution in [3.63, 3.8) is 0 Å². The van der Waals surface area contributed by atoms with Crippen LogP contribution in [0.1, 0.15) is 12.8 Å². The third kappa shape index (κ3) is 3.55. The summed E-state index contributed by atoms with van der Waals surface area (Å²) >= 11 is 0. The first kappa shape index (κ1) is 18.4. The smallest absolute Gasteiger partial charge is 0.407 e. The Labute approximate surface area is 163 Å². The van der Waals surface area contributed by atoms with E-state index >= 15 is 0 Å². The summed E-state index contributed by atoms with van der Waals surface area (Å²) in [6.45, 7) is 0.886. The van der Waals surface area contributed by atoms with Crippen LogP contribution in [0.4, 0.5) is 4.79 Å². The normalized spacial score (nSPS) is 16.2. The zero-order valence-corrected chi connectivity index (χ0v) is 16.0. The summed E-state index contributed by atoms with van der Waals surface area (Å²) < 4.78 is 19.3. The average Bonchev–Trinajstić information content (AvgIpc) is 3.13. The quantitative estimate of drug-likeness (QED) is 0.712. The number of rotatable bonds is 4. The fourth-order valence-electron chi connectivity index (χ4n) is 3.21. The van der Waals surface area contributed by atoms with Gasteiger partial charge in [0.05, 0.1) is 11.9 Å². The first-order valence-corrected chi connectivity index (χ1v) is 10.4. The number of carboxylic acid groups (broad SMARTS) is 1. The molecule has 0 radical (unpaired) electrons. The number of carbonyl (C=O) groups is 1. The highest BCUT2D eigenvalue weighted by Gasteiger charge is 2.24. The summed E-state index contributed by atoms with van der Waals surface area (Å²) in [5.74, 6) is 0.441. The maximum Gasteiger partial charge on any atom is 0.407 e. The van der Waals surface area contributed by atoms with Crippen LogP contribution >= 0.6 is 0 Å². The molecule has 0 spiro atoms. The predicted molar refractivity (Wildman–Crippen MR) is 102 cm³/mol. The first-order chi connectivity index (χ1) is 13.5. The second kappa shape index (κ2) is 7.55. The lowest BCUT2D eigenvalue weighted by Gasteiger charge is -2.29. The molecule has 3 aromatic rings. The minimum atomic E-state index is -1.04. The number of hydrogen-bond acceptors (Lipinski definition) is 6. The van der Waals surface area contributed by atoms with Crippen molar-refractivity contribution in [1.82, 2.24) is 24.6 Å². The molecule has 1 unspecified atom stereocenters. The Morgan fingerprint density at radius 1 is 1.21 bits per heavy atom. The van der Waals surface area contributed by atoms with E-state index in [1.165, 1.54) is 11.2 Å². The van der Waals surface area contributed by atoms with Gasteiger partial charge in [0.1, 0.15) is 17.8 Å². The van der Waals surface area contributed by atoms with Crippen LogP contribution in [-0.4, -0.2) is 65.5 Å². The SMILES string of the molecule is CS(=O)c1ccc(-n2ncc3c(OC4CCN(C(=O)O)CC4)ncnc32)cc1. The second-order valence-corrected chi connectivity index (χ2v) is 7.89. The van der Waals surface area contributed by atoms with Crippen molar-refractivity contribution in [2.24, 2.45) is 0 Å². The number of amides is 1. The Kier molecular flexibility index (Phi) is 4.95. The Bertz CT molecular complexity index is 1030. The number of nitrogens with zero attached hydrogens (tertiary/aromatic N) is 5. The van der Waals surface area contributed by atoms with Gasteiger partial charge >= 0.3 is 6.09 Å². The van der Waals surface area contributed by atoms with Gasteiger partial charge in [-0.05, 0) is 24.3 Å². The molecule has 0 saturated carbocycles. The van der Waals surface area contributed by atoms with Gasteiger partial charge in [-0.1, -0.05) is 0 Å². The van der Waals surface area contributed by atoms with Crippen LogP contribution in [0.25, 0.3) is 16.7 Å². The van der Waals surface area contributed by atoms with Crippen LogP contribution in [-0.2, 0) is 10.8 Å². The molecular formula is C18H19N5O4S. The van der Waals surface area contributed by atoms with Crippen molar-refractivity contribution in [1.29, 1.82) is 0 Å². The predicted octanol–water partition coefficient (Wildman–Crippen LogP) is 2.07. The van der Waals surface area contributed by atoms with Gasteiger partial charge in [-0.2, -0.15) is 5.10 Å². The van der Waals surface area contributed by atoms with Gasteiger partial charge in [-0.25, -0.2) is 19.4 Å². The molecule has 0 aliphatic carbocycles. The Morgan fingerprint density at radius 2 is 1.93 bits per heavy atom. The molecule has 1 aliphatic heterocycles. The van der Waals surface area contributed by atoms with Gasteiger partial charge < -0.3 is 14.7 Å². The number of fused-ring (bicyclic) bond motifs is 1. The molecule has 4 rings (SSSR count). The van der Waals surface area contributed by atoms with Crippen molar-refractivity contribution < 1.29 is 18.8 Å². The van der Waals surface area contributed by atoms with Crippen LogP contribution in [0.2, 0.25) is 0 Å². The molecule has 28 heavy (non-hydrogen) atoms. The zero-order chi connectivity index (χ0) is 19.7. The van der Waals surface area contributed by atoms with Crippen molar-refractivity contribution in [2.75, 3.05) is 19.3 Å². The van der Waals surface area contributed by atoms with E-state index in [2.05, 4.69) is 15.1 Å². The number of benzene rings is 1. The second-order valence-electron chi connectivity index (χ2n) is 6.51. The van der Waals surface area contributed by atoms with Crippen LogP contribution in [0.15, 0.2) is 41.7 Å². The third-order valence-electron chi connectivity index (χ3n) is 4.73. The van der Waals surface area contributed by atoms with Crippen molar-refractivity contribution in [3.05, 3.63) is 36.8 Å². The number of piperidine rings is 1. The highest BCUT2D eigenvalue weighted by molar-refractivity contribution is 7.84. The molecular weight excluding hydrogens is 382 g/mol. The highest BCUT2D eigenvalue weighted by Crippen LogP contribution is 2.26. The van der Waals surface area contributed by atoms with Crippen molar-refractivity contribution in [2.45, 2.75) is 23.8 Å². The van der Waals surface area contributed by atoms with E-state index < -0.39 is 16.9 Å². The van der Waals surface area contributed by atoms with Crippen LogP contribution in [0.5, 0.6) is 5.88 Å². The molecule has 146 valence electrons. The van der Waals surface area contributed by atoms with Crippen LogP contribution in [0, 0.1) is 0 Å². The fourth-order valence-corrected chi connectivity index (χ4v) is 3.73. The lowest BCUT2D eigenvalue weighted by atomic mass is 10.1. The van der Waals surface area contributed by atoms with E-state index in [-0.39, 0.29) is 6.10 Å². The van der Waals surface area contributed by atoms with E-state index in [0.717, 1.165) is 10.6 Å². The molecule has 1 aromatic carbocycles. The van der Waals surface area contributed by atoms with Gasteiger partial charge in [0.15, 0.2) is 5.65 Å². The zero-order valence-electron chi connectivity index (χ0n) is 15.2. The Balaban J connectivity index is 1.57. The summed E-state index contributed by atoms with van der Waals surface area (Å²) in [7, 11) is -1.04. The number of aromatic nitrogens is 4. The molecule has 1 fully saturated rings. The number of hydrogen-bond donors (Lipinski definition) is 1. The molecule has 2 aromatic heterocycles. The Hall–Kier alpha value is -3.01. The van der Waals surface area contributed by atoms with Gasteiger partial charge in [0, 0.05) is 47.9 Å². The van der Waals surface area contributed by atoms with E-state index in [9.17, 15) is 9.00 Å². The Morgan fingerprint density at radius 3 is 2.57 bits per heavy atom. The largest absolute Gasteiger partial charge is 0.474 e. The van der Waals surface area contributed by atoms with Crippen molar-refractivity contribution in [3.8, 4) is 11.6 Å². The lowest BCUT2D eigenvalue weighted by Crippen LogP contribution is -2.41. The van der Waals surface area contributed by atoms with Gasteiger partial charge in [0.2, 0.25) is 5.88 Å². The van der Waals surface area contributed by atoms with Crippen LogP contribution < -0.4 is 4.74 Å². The summed E-state index contributed by atoms with van der Waals surface area (Å²) in [6, 6.07) is 7.28. The maximum atomic E-state index is 11.6. The standard InChI is InChI=1S/C18H19N5O4S/c1-28(26)14-4-2-12(3-5-14)23-16-15(10-21-23)17(20-11-19-16)27-13-6-8-22(9-7-13)18(24)25/h2-5,10-11,13H,6-9H2,1H3,(H,24,25). The maximum absolute atomic E-state index is 11.6. The molecule has 1 saturated heterocycles. The van der Waals surface area contributed by atoms with Gasteiger partial charge in [-0.3, -0.25) is 4.21 Å². The molecule has 0 bridgehead atoms. The van der Waals surface area contributed by atoms with Gasteiger partial charge in [-0.15, -0.1) is 0 Å². The van der Waals surface area contributed by atoms with Crippen LogP contribution in [0.3, 0.4) is 0 Å². The summed E-state index contributed by atoms with van der Waals surface area (Å²) in [5.41, 5.74) is 1.40. The summed E-state index contributed by atoms with van der Waals surface area (Å²) in [5, 5.41) is 14.1. The fraction of sp³-hybridized carbons (Fsp3) is 0.333. The minimum absolute atomic E-state index is 0.101. The molecule has 1 N–H and O–H groups in total. The summed E-state index contributed by atoms with van der Waals surface area (Å²) in [4.78, 5) is 21.7. The molecule has 9 nitrogen and oxygen atoms in total. The first-order valence-electron chi connectivity index (χ1n) is 8.80. The van der Waals surface area contributed by atoms with E-state index in [4.69, 9.17) is 9.84 Å². The average molecular weight is 401 g/mol. The van der Waals surface area contributed by atoms with E-state index in [1.54, 1.807) is 29.3 Å². The molecule has 1 atom stereocenters. The highest BCUT2D eigenvalue weighted by atomic mass is 32.2.